The van der Waals surface area contributed by atoms with E-state index >= 15 is 8.78 Å². The Labute approximate surface area is 636 Å². The van der Waals surface area contributed by atoms with Crippen LogP contribution in [0.25, 0.3) is 22.3 Å². The summed E-state index contributed by atoms with van der Waals surface area (Å²) < 4.78 is 92.5. The van der Waals surface area contributed by atoms with Gasteiger partial charge >= 0.3 is 5.97 Å². The molecule has 0 unspecified atom stereocenters. The highest BCUT2D eigenvalue weighted by molar-refractivity contribution is 6.28. The highest BCUT2D eigenvalue weighted by atomic mass is 19.1. The lowest BCUT2D eigenvalue weighted by molar-refractivity contribution is -0.173. The molecule has 2 aliphatic carbocycles. The van der Waals surface area contributed by atoms with Crippen LogP contribution in [0.3, 0.4) is 0 Å². The largest absolute Gasteiger partial charge is 0.490 e. The van der Waals surface area contributed by atoms with Gasteiger partial charge in [0.15, 0.2) is 17.2 Å². The third-order valence-corrected chi connectivity index (χ3v) is 18.7. The van der Waals surface area contributed by atoms with Crippen molar-refractivity contribution in [3.05, 3.63) is 133 Å². The summed E-state index contributed by atoms with van der Waals surface area (Å²) in [5.41, 5.74) is 1.21. The van der Waals surface area contributed by atoms with E-state index in [0.29, 0.717) is 147 Å². The molecule has 598 valence electrons. The van der Waals surface area contributed by atoms with Crippen molar-refractivity contribution < 1.29 is 114 Å². The summed E-state index contributed by atoms with van der Waals surface area (Å²) in [4.78, 5) is 151. The monoisotopic (exact) mass is 1550 g/mol. The second-order valence-electron chi connectivity index (χ2n) is 26.6. The molecule has 33 nitrogen and oxygen atoms in total. The Hall–Kier alpha value is -10.1. The van der Waals surface area contributed by atoms with Gasteiger partial charge < -0.3 is 99.0 Å². The number of hydrogen-bond donors (Lipinski definition) is 8. The standard InChI is InChI=1S/C76H92F2N10O23/c1-46-50-12-13-57(69-52-42-87-60(70(52)86-58(68(50)69)37-55(46)77)36-54-53(74(87)98)43-111-75(99)76(54,100)38-48-10-11-48)84-65(93)44-109-45-83-63(91)40-82-73(97)59(33-47-7-4-3-5-8-47)85-64(92)41-81-62(90)39-80-61(89)9-6-17-110-71-51(34-49(35-56(71)78)88-66(94)14-15-67(88)95)72(96)79-16-18-102-21-22-104-25-26-106-29-30-108-32-31-107-28-27-105-24-23-103-20-19-101-2/h3-5,7-8,14-15,34-37,48,57,59,100H,6,9-13,16-33,38-45H2,1-2H3,(H,79,96)(H,80,89)(H,81,90)(H,82,97)(H,83,91)(H,84,93)(H,85,92)/t57-,59-,76-/m0/s1. The summed E-state index contributed by atoms with van der Waals surface area (Å²) in [6.07, 6.45) is 4.13. The number of cyclic esters (lactones) is 1. The summed E-state index contributed by atoms with van der Waals surface area (Å²) in [6.45, 7) is 3.75. The molecule has 5 heterocycles. The van der Waals surface area contributed by atoms with Crippen LogP contribution in [0.1, 0.15) is 93.9 Å². The van der Waals surface area contributed by atoms with Gasteiger partial charge in [0.1, 0.15) is 31.8 Å². The van der Waals surface area contributed by atoms with Gasteiger partial charge in [-0.1, -0.05) is 43.2 Å². The molecule has 111 heavy (non-hydrogen) atoms. The van der Waals surface area contributed by atoms with E-state index in [0.717, 1.165) is 37.1 Å². The molecule has 35 heteroatoms. The predicted molar refractivity (Wildman–Crippen MR) is 388 cm³/mol. The van der Waals surface area contributed by atoms with Crippen molar-refractivity contribution in [2.24, 2.45) is 5.92 Å². The minimum atomic E-state index is -2.04. The Bertz CT molecular complexity index is 4280. The normalized spacial score (nSPS) is 16.2. The molecular weight excluding hydrogens is 1460 g/mol. The number of aliphatic hydroxyl groups is 1. The summed E-state index contributed by atoms with van der Waals surface area (Å²) >= 11 is 0. The number of nitrogens with one attached hydrogen (secondary N) is 7. The summed E-state index contributed by atoms with van der Waals surface area (Å²) in [5.74, 6) is -9.46. The second-order valence-corrected chi connectivity index (χ2v) is 26.6. The number of hydrogen-bond acceptors (Lipinski definition) is 24. The highest BCUT2D eigenvalue weighted by Crippen LogP contribution is 2.48. The van der Waals surface area contributed by atoms with E-state index in [9.17, 15) is 57.8 Å². The Morgan fingerprint density at radius 1 is 0.658 bits per heavy atom. The number of carbonyl (C=O) groups is 10. The number of esters is 1. The molecule has 1 fully saturated rings. The zero-order chi connectivity index (χ0) is 78.8. The lowest BCUT2D eigenvalue weighted by atomic mass is 9.81. The molecule has 0 spiro atoms. The number of benzene rings is 3. The zero-order valence-electron chi connectivity index (χ0n) is 61.7. The number of anilines is 1. The van der Waals surface area contributed by atoms with Crippen LogP contribution in [0.2, 0.25) is 0 Å². The molecule has 3 atom stereocenters. The van der Waals surface area contributed by atoms with E-state index < -0.39 is 133 Å². The Morgan fingerprint density at radius 3 is 1.92 bits per heavy atom. The summed E-state index contributed by atoms with van der Waals surface area (Å²) in [5, 5.41) is 30.3. The first kappa shape index (κ1) is 83.4. The van der Waals surface area contributed by atoms with Gasteiger partial charge in [0.2, 0.25) is 35.4 Å². The van der Waals surface area contributed by atoms with Crippen LogP contribution in [0.5, 0.6) is 5.75 Å². The number of pyridine rings is 2. The lowest BCUT2D eigenvalue weighted by Gasteiger charge is -2.32. The van der Waals surface area contributed by atoms with E-state index in [1.165, 1.54) is 10.6 Å². The van der Waals surface area contributed by atoms with Crippen molar-refractivity contribution >= 4 is 75.7 Å². The Morgan fingerprint density at radius 2 is 1.27 bits per heavy atom. The fraction of sp³-hybridized carbons (Fsp3) is 0.500. The molecule has 5 aliphatic rings. The van der Waals surface area contributed by atoms with Crippen LogP contribution in [-0.2, 0) is 122 Å². The fourth-order valence-electron chi connectivity index (χ4n) is 13.0. The molecule has 1 saturated carbocycles. The number of ether oxygens (including phenoxy) is 11. The van der Waals surface area contributed by atoms with Crippen molar-refractivity contribution in [3.8, 4) is 17.1 Å². The fourth-order valence-corrected chi connectivity index (χ4v) is 13.0. The van der Waals surface area contributed by atoms with Gasteiger partial charge in [0.05, 0.1) is 172 Å². The van der Waals surface area contributed by atoms with Gasteiger partial charge in [-0.15, -0.1) is 0 Å². The van der Waals surface area contributed by atoms with E-state index in [4.69, 9.17) is 57.1 Å². The summed E-state index contributed by atoms with van der Waals surface area (Å²) in [7, 11) is 1.61. The van der Waals surface area contributed by atoms with Crippen molar-refractivity contribution in [1.29, 1.82) is 0 Å². The van der Waals surface area contributed by atoms with E-state index in [1.807, 2.05) is 0 Å². The number of amides is 9. The first-order chi connectivity index (χ1) is 53.7. The number of methoxy groups -OCH3 is 1. The van der Waals surface area contributed by atoms with Crippen LogP contribution in [0, 0.1) is 24.5 Å². The van der Waals surface area contributed by atoms with Gasteiger partial charge in [-0.2, -0.15) is 0 Å². The third kappa shape index (κ3) is 23.0. The van der Waals surface area contributed by atoms with Gasteiger partial charge in [-0.3, -0.25) is 47.9 Å². The molecule has 0 bridgehead atoms. The Balaban J connectivity index is 0.610. The predicted octanol–water partition coefficient (Wildman–Crippen LogP) is 1.11. The molecule has 9 amide bonds. The average Bonchev–Trinajstić information content (AvgIpc) is 1.58. The van der Waals surface area contributed by atoms with Crippen molar-refractivity contribution in [2.45, 2.75) is 89.1 Å². The number of nitrogens with zero attached hydrogens (tertiary/aromatic N) is 3. The third-order valence-electron chi connectivity index (χ3n) is 18.7. The number of fused-ring (bicyclic) bond motifs is 5. The maximum atomic E-state index is 15.8. The zero-order valence-corrected chi connectivity index (χ0v) is 61.7. The molecule has 5 aromatic rings. The Kier molecular flexibility index (Phi) is 31.0. The quantitative estimate of drug-likeness (QED) is 0.0115. The van der Waals surface area contributed by atoms with Crippen molar-refractivity contribution in [1.82, 2.24) is 46.8 Å². The van der Waals surface area contributed by atoms with E-state index in [2.05, 4.69) is 37.2 Å². The molecule has 10 rings (SSSR count). The van der Waals surface area contributed by atoms with Gasteiger partial charge in [0, 0.05) is 67.3 Å². The van der Waals surface area contributed by atoms with Gasteiger partial charge in [-0.25, -0.2) is 23.5 Å². The lowest BCUT2D eigenvalue weighted by Crippen LogP contribution is -2.52. The molecular formula is C76H92F2N10O23. The van der Waals surface area contributed by atoms with Crippen LogP contribution < -0.4 is 52.4 Å². The number of aromatic nitrogens is 2. The first-order valence-electron chi connectivity index (χ1n) is 36.7. The van der Waals surface area contributed by atoms with Gasteiger partial charge in [-0.05, 0) is 72.9 Å². The number of carbonyl (C=O) groups excluding carboxylic acids is 10. The van der Waals surface area contributed by atoms with E-state index in [-0.39, 0.29) is 100 Å². The minimum Gasteiger partial charge on any atom is -0.490 e. The number of rotatable bonds is 48. The molecule has 3 aliphatic heterocycles. The van der Waals surface area contributed by atoms with Crippen LogP contribution >= 0.6 is 0 Å². The second kappa shape index (κ2) is 41.3. The minimum absolute atomic E-state index is 0.0288. The first-order valence-corrected chi connectivity index (χ1v) is 36.7. The van der Waals surface area contributed by atoms with Crippen LogP contribution in [0.15, 0.2) is 71.5 Å². The maximum Gasteiger partial charge on any atom is 0.343 e. The number of imide groups is 1. The highest BCUT2D eigenvalue weighted by Gasteiger charge is 2.50. The SMILES string of the molecule is COCCOCCOCCOCCOCCOCCOCCOCCNC(=O)c1cc(N2C(=O)C=CC2=O)cc(F)c1OCCCC(=O)NCC(=O)NCC(=O)N[C@@H](Cc1ccccc1)C(=O)NCC(=O)NCOCC(=O)N[C@H]1CCc2c(C)c(F)cc3nc4c(c1c23)Cn1c-4cc2c(c1=O)COC(=O)[C@]2(O)CC1CC1. The molecule has 3 aromatic carbocycles. The smallest absolute Gasteiger partial charge is 0.343 e. The van der Waals surface area contributed by atoms with Crippen molar-refractivity contribution in [2.75, 3.05) is 157 Å². The van der Waals surface area contributed by atoms with Crippen LogP contribution in [0.4, 0.5) is 14.5 Å². The maximum absolute atomic E-state index is 15.8. The number of halogens is 2. The average molecular weight is 1550 g/mol. The van der Waals surface area contributed by atoms with Gasteiger partial charge in [0.25, 0.3) is 23.3 Å². The molecule has 0 saturated heterocycles. The summed E-state index contributed by atoms with van der Waals surface area (Å²) in [6, 6.07) is 11.6. The van der Waals surface area contributed by atoms with E-state index in [1.54, 1.807) is 50.4 Å². The van der Waals surface area contributed by atoms with Crippen LogP contribution in [-0.4, -0.2) is 232 Å². The molecule has 8 N–H and O–H groups in total. The molecule has 2 aromatic heterocycles. The topological polar surface area (TPSA) is 415 Å². The number of aryl methyl sites for hydroxylation is 1. The molecule has 0 radical (unpaired) electrons. The van der Waals surface area contributed by atoms with Crippen molar-refractivity contribution in [3.63, 3.8) is 0 Å².